The van der Waals surface area contributed by atoms with E-state index in [0.29, 0.717) is 11.8 Å². The lowest BCUT2D eigenvalue weighted by Crippen LogP contribution is -2.35. The van der Waals surface area contributed by atoms with Gasteiger partial charge in [0.25, 0.3) is 0 Å². The van der Waals surface area contributed by atoms with E-state index in [2.05, 4.69) is 200 Å². The van der Waals surface area contributed by atoms with E-state index in [1.165, 1.54) is 49.7 Å². The summed E-state index contributed by atoms with van der Waals surface area (Å²) in [7, 11) is 4.18. The molecule has 1 heterocycles. The predicted molar refractivity (Wildman–Crippen MR) is 221 cm³/mol. The summed E-state index contributed by atoms with van der Waals surface area (Å²) in [6, 6.07) is 46.9. The van der Waals surface area contributed by atoms with Gasteiger partial charge in [0, 0.05) is 47.3 Å². The third-order valence-electron chi connectivity index (χ3n) is 12.1. The zero-order valence-electron chi connectivity index (χ0n) is 32.0. The van der Waals surface area contributed by atoms with Crippen molar-refractivity contribution in [3.8, 4) is 16.9 Å². The first-order chi connectivity index (χ1) is 24.9. The highest BCUT2D eigenvalue weighted by atomic mass is 16.5. The number of anilines is 1. The molecular formula is C50H51NO. The van der Waals surface area contributed by atoms with Gasteiger partial charge in [0.15, 0.2) is 5.60 Å². The summed E-state index contributed by atoms with van der Waals surface area (Å²) < 4.78 is 7.75. The van der Waals surface area contributed by atoms with Gasteiger partial charge in [-0.25, -0.2) is 0 Å². The molecule has 262 valence electrons. The highest BCUT2D eigenvalue weighted by Gasteiger charge is 2.43. The minimum absolute atomic E-state index is 0.000215. The molecule has 0 radical (unpaired) electrons. The normalized spacial score (nSPS) is 19.0. The minimum Gasteiger partial charge on any atom is -0.472 e. The number of hydrogen-bond acceptors (Lipinski definition) is 2. The number of fused-ring (bicyclic) bond motifs is 8. The molecule has 52 heavy (non-hydrogen) atoms. The maximum atomic E-state index is 7.75. The smallest absolute Gasteiger partial charge is 0.178 e. The molecule has 2 unspecified atom stereocenters. The standard InChI is InChI=1S/C50H51NO/c1-33(2)43-32-48(3,4)44-22-16-15-21-40(44)45-39-28-25-37(49(5,6)34-17-11-9-12-18-34)31-42(39)47-41(46(43)45)29-30-50(52-47,35-19-13-10-14-20-35)36-23-26-38(27-24-36)51(7)8/h9-31,33,43H,32H2,1-8H3. The van der Waals surface area contributed by atoms with E-state index in [1.807, 2.05) is 0 Å². The molecule has 0 N–H and O–H groups in total. The third kappa shape index (κ3) is 5.38. The molecule has 6 aromatic rings. The van der Waals surface area contributed by atoms with Gasteiger partial charge >= 0.3 is 0 Å². The van der Waals surface area contributed by atoms with Crippen molar-refractivity contribution in [1.29, 1.82) is 0 Å². The van der Waals surface area contributed by atoms with Crippen LogP contribution in [0.5, 0.6) is 5.75 Å². The highest BCUT2D eigenvalue weighted by Crippen LogP contribution is 2.57. The SMILES string of the molecule is CC(C)C1CC(C)(C)c2ccccc2-c2c1c1c(c3cc(C(C)(C)c4ccccc4)ccc23)OC(c2ccccc2)(c2ccc(N(C)C)cc2)C=C1. The summed E-state index contributed by atoms with van der Waals surface area (Å²) >= 11 is 0. The fourth-order valence-electron chi connectivity index (χ4n) is 9.05. The minimum atomic E-state index is -0.805. The summed E-state index contributed by atoms with van der Waals surface area (Å²) in [5.41, 5.74) is 11.7. The van der Waals surface area contributed by atoms with Crippen molar-refractivity contribution in [2.24, 2.45) is 5.92 Å². The fraction of sp³-hybridized carbons (Fsp3) is 0.280. The quantitative estimate of drug-likeness (QED) is 0.173. The number of nitrogens with zero attached hydrogens (tertiary/aromatic N) is 1. The Hall–Kier alpha value is -5.08. The maximum Gasteiger partial charge on any atom is 0.178 e. The zero-order valence-corrected chi connectivity index (χ0v) is 32.0. The van der Waals surface area contributed by atoms with Gasteiger partial charge in [-0.15, -0.1) is 0 Å². The summed E-state index contributed by atoms with van der Waals surface area (Å²) in [5, 5.41) is 2.43. The average Bonchev–Trinajstić information content (AvgIpc) is 3.27. The summed E-state index contributed by atoms with van der Waals surface area (Å²) in [5.74, 6) is 1.76. The first kappa shape index (κ1) is 34.0. The number of benzene rings is 6. The van der Waals surface area contributed by atoms with Crippen LogP contribution in [0.2, 0.25) is 0 Å². The Morgan fingerprint density at radius 3 is 2.02 bits per heavy atom. The van der Waals surface area contributed by atoms with Gasteiger partial charge in [-0.1, -0.05) is 157 Å². The molecule has 2 aliphatic rings. The molecule has 1 aliphatic carbocycles. The molecule has 2 nitrogen and oxygen atoms in total. The molecule has 0 saturated carbocycles. The van der Waals surface area contributed by atoms with E-state index in [-0.39, 0.29) is 10.8 Å². The molecule has 0 amide bonds. The molecule has 0 fully saturated rings. The van der Waals surface area contributed by atoms with Crippen molar-refractivity contribution in [3.63, 3.8) is 0 Å². The second kappa shape index (κ2) is 12.6. The molecule has 8 rings (SSSR count). The second-order valence-electron chi connectivity index (χ2n) is 16.7. The van der Waals surface area contributed by atoms with Crippen LogP contribution in [-0.2, 0) is 16.4 Å². The van der Waals surface area contributed by atoms with Crippen LogP contribution in [0.4, 0.5) is 5.69 Å². The second-order valence-corrected chi connectivity index (χ2v) is 16.7. The van der Waals surface area contributed by atoms with Gasteiger partial charge in [0.05, 0.1) is 0 Å². The van der Waals surface area contributed by atoms with Gasteiger partial charge in [-0.3, -0.25) is 0 Å². The van der Waals surface area contributed by atoms with Crippen molar-refractivity contribution in [2.45, 2.75) is 70.3 Å². The van der Waals surface area contributed by atoms with Crippen LogP contribution in [0.15, 0.2) is 133 Å². The van der Waals surface area contributed by atoms with Gasteiger partial charge in [0.2, 0.25) is 0 Å². The third-order valence-corrected chi connectivity index (χ3v) is 12.1. The lowest BCUT2D eigenvalue weighted by atomic mass is 9.72. The monoisotopic (exact) mass is 681 g/mol. The van der Waals surface area contributed by atoms with E-state index in [4.69, 9.17) is 4.74 Å². The average molecular weight is 682 g/mol. The Balaban J connectivity index is 1.48. The highest BCUT2D eigenvalue weighted by molar-refractivity contribution is 6.06. The molecule has 2 heteroatoms. The number of ether oxygens (including phenoxy) is 1. The van der Waals surface area contributed by atoms with Crippen molar-refractivity contribution in [3.05, 3.63) is 172 Å². The molecule has 2 atom stereocenters. The number of hydrogen-bond donors (Lipinski definition) is 0. The van der Waals surface area contributed by atoms with Crippen LogP contribution in [0.3, 0.4) is 0 Å². The molecule has 0 bridgehead atoms. The van der Waals surface area contributed by atoms with Gasteiger partial charge in [0.1, 0.15) is 5.75 Å². The molecule has 6 aromatic carbocycles. The number of rotatable bonds is 6. The molecule has 1 aliphatic heterocycles. The predicted octanol–water partition coefficient (Wildman–Crippen LogP) is 12.7. The molecule has 0 spiro atoms. The summed E-state index contributed by atoms with van der Waals surface area (Å²) in [6.45, 7) is 14.4. The summed E-state index contributed by atoms with van der Waals surface area (Å²) in [4.78, 5) is 2.15. The van der Waals surface area contributed by atoms with Crippen LogP contribution < -0.4 is 9.64 Å². The lowest BCUT2D eigenvalue weighted by Gasteiger charge is -2.39. The lowest BCUT2D eigenvalue weighted by molar-refractivity contribution is 0.163. The first-order valence-electron chi connectivity index (χ1n) is 18.9. The zero-order chi connectivity index (χ0) is 36.4. The Kier molecular flexibility index (Phi) is 8.21. The molecule has 0 saturated heterocycles. The summed E-state index contributed by atoms with van der Waals surface area (Å²) in [6.07, 6.45) is 5.81. The van der Waals surface area contributed by atoms with Crippen molar-refractivity contribution in [2.75, 3.05) is 19.0 Å². The van der Waals surface area contributed by atoms with Crippen LogP contribution in [0.1, 0.15) is 92.8 Å². The van der Waals surface area contributed by atoms with E-state index in [0.717, 1.165) is 29.0 Å². The molecule has 0 aromatic heterocycles. The van der Waals surface area contributed by atoms with E-state index < -0.39 is 5.60 Å². The van der Waals surface area contributed by atoms with Gasteiger partial charge in [-0.05, 0) is 86.7 Å². The van der Waals surface area contributed by atoms with Crippen LogP contribution in [0.25, 0.3) is 28.0 Å². The Labute approximate surface area is 310 Å². The topological polar surface area (TPSA) is 12.5 Å². The van der Waals surface area contributed by atoms with Crippen molar-refractivity contribution in [1.82, 2.24) is 0 Å². The Bertz CT molecular complexity index is 2290. The van der Waals surface area contributed by atoms with E-state index >= 15 is 0 Å². The van der Waals surface area contributed by atoms with Crippen molar-refractivity contribution >= 4 is 22.5 Å². The maximum absolute atomic E-state index is 7.75. The van der Waals surface area contributed by atoms with Gasteiger partial charge in [-0.2, -0.15) is 0 Å². The Morgan fingerprint density at radius 1 is 0.712 bits per heavy atom. The largest absolute Gasteiger partial charge is 0.472 e. The van der Waals surface area contributed by atoms with Crippen LogP contribution in [0, 0.1) is 5.92 Å². The van der Waals surface area contributed by atoms with Crippen molar-refractivity contribution < 1.29 is 4.74 Å². The fourth-order valence-corrected chi connectivity index (χ4v) is 9.05. The van der Waals surface area contributed by atoms with E-state index in [1.54, 1.807) is 0 Å². The van der Waals surface area contributed by atoms with Gasteiger partial charge < -0.3 is 9.64 Å². The molecular weight excluding hydrogens is 631 g/mol. The Morgan fingerprint density at radius 2 is 1.35 bits per heavy atom. The van der Waals surface area contributed by atoms with E-state index in [9.17, 15) is 0 Å². The van der Waals surface area contributed by atoms with Crippen LogP contribution in [-0.4, -0.2) is 14.1 Å². The first-order valence-corrected chi connectivity index (χ1v) is 18.9. The van der Waals surface area contributed by atoms with Crippen LogP contribution >= 0.6 is 0 Å².